The summed E-state index contributed by atoms with van der Waals surface area (Å²) in [5, 5.41) is 0. The van der Waals surface area contributed by atoms with Gasteiger partial charge in [0.15, 0.2) is 6.79 Å². The molecular weight excluding hydrogens is 312 g/mol. The maximum absolute atomic E-state index is 5.46. The van der Waals surface area contributed by atoms with Crippen molar-refractivity contribution >= 4 is 27.3 Å². The number of thiophene rings is 1. The second-order valence-corrected chi connectivity index (χ2v) is 6.02. The van der Waals surface area contributed by atoms with Crippen LogP contribution in [0.15, 0.2) is 28.7 Å². The third kappa shape index (κ3) is 2.76. The van der Waals surface area contributed by atoms with Crippen LogP contribution in [0.2, 0.25) is 0 Å². The van der Waals surface area contributed by atoms with Crippen LogP contribution in [-0.4, -0.2) is 13.9 Å². The topological polar surface area (TPSA) is 18.5 Å². The number of methoxy groups -OCH3 is 1. The molecule has 2 rings (SSSR count). The van der Waals surface area contributed by atoms with Gasteiger partial charge >= 0.3 is 0 Å². The van der Waals surface area contributed by atoms with Crippen LogP contribution in [-0.2, 0) is 4.74 Å². The third-order valence-corrected chi connectivity index (χ3v) is 5.38. The Hall–Kier alpha value is -0.840. The minimum Gasteiger partial charge on any atom is -0.468 e. The van der Waals surface area contributed by atoms with Crippen molar-refractivity contribution in [3.63, 3.8) is 0 Å². The Bertz CT molecular complexity index is 549. The zero-order chi connectivity index (χ0) is 13.1. The fourth-order valence-electron chi connectivity index (χ4n) is 1.77. The lowest BCUT2D eigenvalue weighted by atomic mass is 10.1. The molecule has 1 aromatic carbocycles. The van der Waals surface area contributed by atoms with Gasteiger partial charge in [0.05, 0.1) is 0 Å². The first-order valence-electron chi connectivity index (χ1n) is 5.61. The molecule has 0 amide bonds. The van der Waals surface area contributed by atoms with Crippen LogP contribution in [0.25, 0.3) is 10.4 Å². The maximum atomic E-state index is 5.46. The van der Waals surface area contributed by atoms with Crippen LogP contribution in [0.1, 0.15) is 10.4 Å². The summed E-state index contributed by atoms with van der Waals surface area (Å²) in [6.07, 6.45) is 0. The molecule has 0 unspecified atom stereocenters. The third-order valence-electron chi connectivity index (χ3n) is 2.67. The van der Waals surface area contributed by atoms with Crippen molar-refractivity contribution < 1.29 is 9.47 Å². The van der Waals surface area contributed by atoms with Crippen molar-refractivity contribution in [3.05, 3.63) is 39.2 Å². The monoisotopic (exact) mass is 326 g/mol. The predicted octanol–water partition coefficient (Wildman–Crippen LogP) is 4.78. The van der Waals surface area contributed by atoms with Gasteiger partial charge in [0, 0.05) is 21.3 Å². The van der Waals surface area contributed by atoms with E-state index in [-0.39, 0.29) is 6.79 Å². The molecule has 0 bridgehead atoms. The van der Waals surface area contributed by atoms with Crippen molar-refractivity contribution in [1.82, 2.24) is 0 Å². The second-order valence-electron chi connectivity index (χ2n) is 4.01. The quantitative estimate of drug-likeness (QED) is 0.753. The van der Waals surface area contributed by atoms with E-state index in [1.54, 1.807) is 18.4 Å². The summed E-state index contributed by atoms with van der Waals surface area (Å²) in [7, 11) is 1.62. The lowest BCUT2D eigenvalue weighted by Crippen LogP contribution is -1.98. The number of aryl methyl sites for hydroxylation is 1. The molecular formula is C14H15BrO2S. The molecule has 18 heavy (non-hydrogen) atoms. The van der Waals surface area contributed by atoms with Crippen molar-refractivity contribution in [2.75, 3.05) is 13.9 Å². The van der Waals surface area contributed by atoms with Gasteiger partial charge in [0.25, 0.3) is 0 Å². The standard InChI is InChI=1S/C14H15BrO2S/c1-9-13(15)10(2)18-14(9)11-5-4-6-12(7-11)17-8-16-3/h4-7H,8H2,1-3H3. The summed E-state index contributed by atoms with van der Waals surface area (Å²) in [6.45, 7) is 4.53. The lowest BCUT2D eigenvalue weighted by Gasteiger charge is -2.06. The summed E-state index contributed by atoms with van der Waals surface area (Å²) < 4.78 is 11.6. The molecule has 0 fully saturated rings. The molecule has 0 aliphatic rings. The van der Waals surface area contributed by atoms with E-state index in [0.29, 0.717) is 0 Å². The van der Waals surface area contributed by atoms with E-state index in [1.807, 2.05) is 18.2 Å². The Morgan fingerprint density at radius 3 is 2.67 bits per heavy atom. The number of halogens is 1. The Balaban J connectivity index is 2.35. The molecule has 4 heteroatoms. The fourth-order valence-corrected chi connectivity index (χ4v) is 3.39. The van der Waals surface area contributed by atoms with Crippen LogP contribution >= 0.6 is 27.3 Å². The van der Waals surface area contributed by atoms with Gasteiger partial charge in [-0.2, -0.15) is 0 Å². The van der Waals surface area contributed by atoms with Crippen LogP contribution in [0.3, 0.4) is 0 Å². The van der Waals surface area contributed by atoms with E-state index in [4.69, 9.17) is 9.47 Å². The minimum absolute atomic E-state index is 0.273. The van der Waals surface area contributed by atoms with Crippen LogP contribution in [0.4, 0.5) is 0 Å². The predicted molar refractivity (Wildman–Crippen MR) is 79.4 cm³/mol. The normalized spacial score (nSPS) is 10.7. The molecule has 0 N–H and O–H groups in total. The van der Waals surface area contributed by atoms with E-state index < -0.39 is 0 Å². The largest absolute Gasteiger partial charge is 0.468 e. The molecule has 0 atom stereocenters. The number of ether oxygens (including phenoxy) is 2. The van der Waals surface area contributed by atoms with Crippen LogP contribution < -0.4 is 4.74 Å². The van der Waals surface area contributed by atoms with Crippen molar-refractivity contribution in [2.24, 2.45) is 0 Å². The van der Waals surface area contributed by atoms with Gasteiger partial charge in [-0.25, -0.2) is 0 Å². The summed E-state index contributed by atoms with van der Waals surface area (Å²) in [5.41, 5.74) is 2.46. The van der Waals surface area contributed by atoms with E-state index in [2.05, 4.69) is 35.8 Å². The highest BCUT2D eigenvalue weighted by molar-refractivity contribution is 9.10. The first-order chi connectivity index (χ1) is 8.63. The Morgan fingerprint density at radius 1 is 1.28 bits per heavy atom. The van der Waals surface area contributed by atoms with Gasteiger partial charge in [-0.15, -0.1) is 11.3 Å². The second kappa shape index (κ2) is 5.87. The molecule has 0 saturated carbocycles. The zero-order valence-electron chi connectivity index (χ0n) is 10.6. The highest BCUT2D eigenvalue weighted by atomic mass is 79.9. The number of hydrogen-bond donors (Lipinski definition) is 0. The molecule has 0 aliphatic carbocycles. The van der Waals surface area contributed by atoms with Crippen LogP contribution in [0, 0.1) is 13.8 Å². The van der Waals surface area contributed by atoms with Crippen LogP contribution in [0.5, 0.6) is 5.75 Å². The van der Waals surface area contributed by atoms with Crippen molar-refractivity contribution in [2.45, 2.75) is 13.8 Å². The smallest absolute Gasteiger partial charge is 0.188 e. The summed E-state index contributed by atoms with van der Waals surface area (Å²) in [6, 6.07) is 8.09. The van der Waals surface area contributed by atoms with Gasteiger partial charge < -0.3 is 9.47 Å². The summed E-state index contributed by atoms with van der Waals surface area (Å²) in [5.74, 6) is 0.830. The average molecular weight is 327 g/mol. The van der Waals surface area contributed by atoms with Crippen molar-refractivity contribution in [1.29, 1.82) is 0 Å². The number of benzene rings is 1. The Labute approximate surface area is 120 Å². The van der Waals surface area contributed by atoms with Gasteiger partial charge in [-0.3, -0.25) is 0 Å². The molecule has 0 spiro atoms. The summed E-state index contributed by atoms with van der Waals surface area (Å²) >= 11 is 5.41. The summed E-state index contributed by atoms with van der Waals surface area (Å²) in [4.78, 5) is 2.58. The van der Waals surface area contributed by atoms with E-state index in [9.17, 15) is 0 Å². The molecule has 1 aromatic heterocycles. The first kappa shape index (κ1) is 13.6. The maximum Gasteiger partial charge on any atom is 0.188 e. The van der Waals surface area contributed by atoms with E-state index >= 15 is 0 Å². The van der Waals surface area contributed by atoms with Crippen molar-refractivity contribution in [3.8, 4) is 16.2 Å². The zero-order valence-corrected chi connectivity index (χ0v) is 13.0. The van der Waals surface area contributed by atoms with Gasteiger partial charge in [0.1, 0.15) is 5.75 Å². The van der Waals surface area contributed by atoms with Gasteiger partial charge in [-0.1, -0.05) is 12.1 Å². The Kier molecular flexibility index (Phi) is 4.43. The molecule has 0 saturated heterocycles. The molecule has 0 radical (unpaired) electrons. The molecule has 2 aromatic rings. The number of rotatable bonds is 4. The van der Waals surface area contributed by atoms with E-state index in [0.717, 1.165) is 5.75 Å². The highest BCUT2D eigenvalue weighted by Gasteiger charge is 2.12. The molecule has 2 nitrogen and oxygen atoms in total. The minimum atomic E-state index is 0.273. The molecule has 1 heterocycles. The first-order valence-corrected chi connectivity index (χ1v) is 7.22. The average Bonchev–Trinajstić information content (AvgIpc) is 2.64. The van der Waals surface area contributed by atoms with E-state index in [1.165, 1.54) is 25.4 Å². The fraction of sp³-hybridized carbons (Fsp3) is 0.286. The van der Waals surface area contributed by atoms with Gasteiger partial charge in [0.2, 0.25) is 0 Å². The SMILES string of the molecule is COCOc1cccc(-c2sc(C)c(Br)c2C)c1. The molecule has 0 aliphatic heterocycles. The highest BCUT2D eigenvalue weighted by Crippen LogP contribution is 2.39. The Morgan fingerprint density at radius 2 is 2.06 bits per heavy atom. The molecule has 96 valence electrons. The van der Waals surface area contributed by atoms with Gasteiger partial charge in [-0.05, 0) is 53.0 Å². The lowest BCUT2D eigenvalue weighted by molar-refractivity contribution is 0.0512. The number of hydrogen-bond acceptors (Lipinski definition) is 3.